The van der Waals surface area contributed by atoms with Gasteiger partial charge in [0.1, 0.15) is 0 Å². The molecule has 94 valence electrons. The molecule has 0 aromatic heterocycles. The van der Waals surface area contributed by atoms with Crippen molar-refractivity contribution in [1.29, 1.82) is 0 Å². The number of benzene rings is 1. The summed E-state index contributed by atoms with van der Waals surface area (Å²) in [6.45, 7) is 4.53. The lowest BCUT2D eigenvalue weighted by molar-refractivity contribution is 0.238. The van der Waals surface area contributed by atoms with Gasteiger partial charge < -0.3 is 10.6 Å². The van der Waals surface area contributed by atoms with Gasteiger partial charge in [-0.3, -0.25) is 4.90 Å². The van der Waals surface area contributed by atoms with Crippen LogP contribution in [-0.2, 0) is 13.0 Å². The first-order valence-electron chi connectivity index (χ1n) is 6.40. The highest BCUT2D eigenvalue weighted by Crippen LogP contribution is 2.24. The summed E-state index contributed by atoms with van der Waals surface area (Å²) < 4.78 is 0. The molecular formula is C14H23N3. The number of nitrogens with zero attached hydrogens (tertiary/aromatic N) is 2. The lowest BCUT2D eigenvalue weighted by Crippen LogP contribution is -2.33. The van der Waals surface area contributed by atoms with E-state index in [1.807, 2.05) is 6.07 Å². The van der Waals surface area contributed by atoms with Gasteiger partial charge in [0.2, 0.25) is 0 Å². The van der Waals surface area contributed by atoms with Crippen molar-refractivity contribution < 1.29 is 0 Å². The highest BCUT2D eigenvalue weighted by Gasteiger charge is 2.17. The smallest absolute Gasteiger partial charge is 0.0362 e. The quantitative estimate of drug-likeness (QED) is 0.801. The van der Waals surface area contributed by atoms with Gasteiger partial charge in [-0.2, -0.15) is 0 Å². The number of nitrogen functional groups attached to an aromatic ring is 1. The molecule has 0 atom stereocenters. The maximum atomic E-state index is 6.05. The maximum absolute atomic E-state index is 6.05. The Balaban J connectivity index is 1.92. The Morgan fingerprint density at radius 1 is 1.35 bits per heavy atom. The Morgan fingerprint density at radius 2 is 2.18 bits per heavy atom. The molecule has 0 unspecified atom stereocenters. The Kier molecular flexibility index (Phi) is 4.02. The zero-order valence-electron chi connectivity index (χ0n) is 10.9. The first-order valence-corrected chi connectivity index (χ1v) is 6.40. The molecule has 0 aliphatic carbocycles. The van der Waals surface area contributed by atoms with Gasteiger partial charge in [-0.15, -0.1) is 0 Å². The molecule has 17 heavy (non-hydrogen) atoms. The van der Waals surface area contributed by atoms with Gasteiger partial charge in [0.25, 0.3) is 0 Å². The van der Waals surface area contributed by atoms with Crippen LogP contribution >= 0.6 is 0 Å². The van der Waals surface area contributed by atoms with E-state index in [0.717, 1.165) is 25.2 Å². The number of hydrogen-bond acceptors (Lipinski definition) is 3. The molecule has 0 radical (unpaired) electrons. The lowest BCUT2D eigenvalue weighted by atomic mass is 9.98. The van der Waals surface area contributed by atoms with Gasteiger partial charge in [0.05, 0.1) is 0 Å². The fraction of sp³-hybridized carbons (Fsp3) is 0.571. The summed E-state index contributed by atoms with van der Waals surface area (Å²) in [7, 11) is 4.26. The third kappa shape index (κ3) is 3.20. The molecule has 2 rings (SSSR count). The van der Waals surface area contributed by atoms with Gasteiger partial charge in [-0.1, -0.05) is 12.1 Å². The van der Waals surface area contributed by atoms with Crippen molar-refractivity contribution in [2.24, 2.45) is 0 Å². The van der Waals surface area contributed by atoms with Gasteiger partial charge in [0.15, 0.2) is 0 Å². The molecule has 0 amide bonds. The van der Waals surface area contributed by atoms with E-state index in [9.17, 15) is 0 Å². The summed E-state index contributed by atoms with van der Waals surface area (Å²) >= 11 is 0. The molecule has 0 saturated heterocycles. The maximum Gasteiger partial charge on any atom is 0.0362 e. The van der Waals surface area contributed by atoms with Crippen LogP contribution in [0.4, 0.5) is 5.69 Å². The van der Waals surface area contributed by atoms with Gasteiger partial charge >= 0.3 is 0 Å². The Labute approximate surface area is 104 Å². The van der Waals surface area contributed by atoms with Crippen molar-refractivity contribution in [1.82, 2.24) is 9.80 Å². The molecule has 1 heterocycles. The van der Waals surface area contributed by atoms with E-state index in [4.69, 9.17) is 5.73 Å². The second-order valence-electron chi connectivity index (χ2n) is 5.17. The largest absolute Gasteiger partial charge is 0.398 e. The van der Waals surface area contributed by atoms with Crippen molar-refractivity contribution in [3.63, 3.8) is 0 Å². The molecule has 0 saturated carbocycles. The molecule has 1 aromatic carbocycles. The van der Waals surface area contributed by atoms with E-state index in [1.165, 1.54) is 30.6 Å². The molecule has 3 heteroatoms. The summed E-state index contributed by atoms with van der Waals surface area (Å²) in [5, 5.41) is 0. The fourth-order valence-corrected chi connectivity index (χ4v) is 2.46. The lowest BCUT2D eigenvalue weighted by Gasteiger charge is -2.29. The van der Waals surface area contributed by atoms with Crippen molar-refractivity contribution in [3.8, 4) is 0 Å². The van der Waals surface area contributed by atoms with Crippen LogP contribution in [0.3, 0.4) is 0 Å². The summed E-state index contributed by atoms with van der Waals surface area (Å²) in [4.78, 5) is 4.76. The van der Waals surface area contributed by atoms with Gasteiger partial charge in [-0.25, -0.2) is 0 Å². The van der Waals surface area contributed by atoms with Gasteiger partial charge in [-0.05, 0) is 57.2 Å². The zero-order valence-corrected chi connectivity index (χ0v) is 10.9. The van der Waals surface area contributed by atoms with Crippen LogP contribution in [0.15, 0.2) is 18.2 Å². The molecule has 0 fully saturated rings. The first kappa shape index (κ1) is 12.4. The monoisotopic (exact) mass is 233 g/mol. The average Bonchev–Trinajstić information content (AvgIpc) is 2.30. The molecule has 1 aliphatic rings. The summed E-state index contributed by atoms with van der Waals surface area (Å²) in [6.07, 6.45) is 2.37. The first-order chi connectivity index (χ1) is 8.16. The van der Waals surface area contributed by atoms with Crippen molar-refractivity contribution in [2.45, 2.75) is 19.4 Å². The van der Waals surface area contributed by atoms with Crippen LogP contribution in [0.1, 0.15) is 17.5 Å². The molecule has 1 aromatic rings. The van der Waals surface area contributed by atoms with Crippen LogP contribution < -0.4 is 5.73 Å². The standard InChI is InChI=1S/C14H23N3/c1-16(2)8-4-9-17-10-7-12-5-3-6-14(15)13(12)11-17/h3,5-6H,4,7-11,15H2,1-2H3. The number of anilines is 1. The number of rotatable bonds is 4. The molecule has 1 aliphatic heterocycles. The molecule has 0 spiro atoms. The normalized spacial score (nSPS) is 16.2. The van der Waals surface area contributed by atoms with Crippen molar-refractivity contribution in [3.05, 3.63) is 29.3 Å². The van der Waals surface area contributed by atoms with E-state index in [1.54, 1.807) is 0 Å². The number of fused-ring (bicyclic) bond motifs is 1. The predicted octanol–water partition coefficient (Wildman–Crippen LogP) is 1.58. The minimum atomic E-state index is 0.958. The molecule has 0 bridgehead atoms. The number of nitrogens with two attached hydrogens (primary N) is 1. The van der Waals surface area contributed by atoms with Crippen LogP contribution in [0.2, 0.25) is 0 Å². The SMILES string of the molecule is CN(C)CCCN1CCc2cccc(N)c2C1. The van der Waals surface area contributed by atoms with E-state index >= 15 is 0 Å². The van der Waals surface area contributed by atoms with E-state index in [-0.39, 0.29) is 0 Å². The molecule has 2 N–H and O–H groups in total. The van der Waals surface area contributed by atoms with Crippen molar-refractivity contribution in [2.75, 3.05) is 39.5 Å². The van der Waals surface area contributed by atoms with Crippen LogP contribution in [0.5, 0.6) is 0 Å². The Hall–Kier alpha value is -1.06. The minimum absolute atomic E-state index is 0.958. The Bertz CT molecular complexity index is 374. The minimum Gasteiger partial charge on any atom is -0.398 e. The van der Waals surface area contributed by atoms with E-state index in [2.05, 4.69) is 36.0 Å². The summed E-state index contributed by atoms with van der Waals surface area (Å²) in [6, 6.07) is 6.29. The van der Waals surface area contributed by atoms with Crippen LogP contribution in [0.25, 0.3) is 0 Å². The van der Waals surface area contributed by atoms with E-state index in [0.29, 0.717) is 0 Å². The predicted molar refractivity (Wildman–Crippen MR) is 73.0 cm³/mol. The zero-order chi connectivity index (χ0) is 12.3. The third-order valence-electron chi connectivity index (χ3n) is 3.47. The number of hydrogen-bond donors (Lipinski definition) is 1. The molecular weight excluding hydrogens is 210 g/mol. The summed E-state index contributed by atoms with van der Waals surface area (Å²) in [5.41, 5.74) is 9.79. The second kappa shape index (κ2) is 5.52. The van der Waals surface area contributed by atoms with Crippen LogP contribution in [0, 0.1) is 0 Å². The second-order valence-corrected chi connectivity index (χ2v) is 5.17. The van der Waals surface area contributed by atoms with E-state index < -0.39 is 0 Å². The van der Waals surface area contributed by atoms with Crippen LogP contribution in [-0.4, -0.2) is 43.5 Å². The topological polar surface area (TPSA) is 32.5 Å². The highest BCUT2D eigenvalue weighted by atomic mass is 15.1. The highest BCUT2D eigenvalue weighted by molar-refractivity contribution is 5.51. The van der Waals surface area contributed by atoms with Crippen molar-refractivity contribution >= 4 is 5.69 Å². The molecule has 3 nitrogen and oxygen atoms in total. The third-order valence-corrected chi connectivity index (χ3v) is 3.47. The fourth-order valence-electron chi connectivity index (χ4n) is 2.46. The summed E-state index contributed by atoms with van der Waals surface area (Å²) in [5.74, 6) is 0. The van der Waals surface area contributed by atoms with Gasteiger partial charge in [0, 0.05) is 18.8 Å². The Morgan fingerprint density at radius 3 is 2.94 bits per heavy atom. The average molecular weight is 233 g/mol.